The predicted octanol–water partition coefficient (Wildman–Crippen LogP) is 1.69. The Morgan fingerprint density at radius 2 is 2.00 bits per heavy atom. The van der Waals surface area contributed by atoms with Gasteiger partial charge in [-0.2, -0.15) is 0 Å². The Labute approximate surface area is 89.9 Å². The van der Waals surface area contributed by atoms with Crippen molar-refractivity contribution in [3.63, 3.8) is 0 Å². The maximum atomic E-state index is 5.73. The average molecular weight is 211 g/mol. The van der Waals surface area contributed by atoms with Crippen LogP contribution in [-0.4, -0.2) is 26.9 Å². The van der Waals surface area contributed by atoms with E-state index in [4.69, 9.17) is 19.9 Å². The molecule has 0 fully saturated rings. The first-order valence-electron chi connectivity index (χ1n) is 4.92. The SMILES string of the molecule is CCOc1cc(OCCOC)ccc1N. The average Bonchev–Trinajstić information content (AvgIpc) is 2.23. The van der Waals surface area contributed by atoms with E-state index in [9.17, 15) is 0 Å². The van der Waals surface area contributed by atoms with Crippen LogP contribution in [0, 0.1) is 0 Å². The molecule has 0 bridgehead atoms. The summed E-state index contributed by atoms with van der Waals surface area (Å²) in [6.07, 6.45) is 0. The van der Waals surface area contributed by atoms with Gasteiger partial charge in [0.05, 0.1) is 18.9 Å². The molecule has 1 aromatic carbocycles. The second-order valence-corrected chi connectivity index (χ2v) is 2.97. The lowest BCUT2D eigenvalue weighted by Crippen LogP contribution is -2.05. The highest BCUT2D eigenvalue weighted by Gasteiger charge is 2.02. The molecule has 1 aromatic rings. The lowest BCUT2D eigenvalue weighted by molar-refractivity contribution is 0.146. The summed E-state index contributed by atoms with van der Waals surface area (Å²) < 4.78 is 15.7. The molecule has 4 nitrogen and oxygen atoms in total. The molecule has 0 spiro atoms. The summed E-state index contributed by atoms with van der Waals surface area (Å²) in [6.45, 7) is 3.59. The second kappa shape index (κ2) is 6.14. The first kappa shape index (κ1) is 11.7. The molecule has 2 N–H and O–H groups in total. The molecule has 15 heavy (non-hydrogen) atoms. The van der Waals surface area contributed by atoms with Gasteiger partial charge in [-0.3, -0.25) is 0 Å². The Morgan fingerprint density at radius 1 is 1.20 bits per heavy atom. The zero-order valence-electron chi connectivity index (χ0n) is 9.16. The number of benzene rings is 1. The molecule has 0 aliphatic carbocycles. The summed E-state index contributed by atoms with van der Waals surface area (Å²) in [6, 6.07) is 5.37. The highest BCUT2D eigenvalue weighted by atomic mass is 16.5. The normalized spacial score (nSPS) is 10.0. The summed E-state index contributed by atoms with van der Waals surface area (Å²) in [5, 5.41) is 0. The molecule has 0 amide bonds. The first-order valence-corrected chi connectivity index (χ1v) is 4.92. The molecule has 0 radical (unpaired) electrons. The van der Waals surface area contributed by atoms with Gasteiger partial charge in [-0.05, 0) is 19.1 Å². The first-order chi connectivity index (χ1) is 7.27. The van der Waals surface area contributed by atoms with E-state index in [1.165, 1.54) is 0 Å². The van der Waals surface area contributed by atoms with Gasteiger partial charge in [0.25, 0.3) is 0 Å². The Morgan fingerprint density at radius 3 is 2.67 bits per heavy atom. The molecule has 0 unspecified atom stereocenters. The standard InChI is InChI=1S/C11H17NO3/c1-3-14-11-8-9(4-5-10(11)12)15-7-6-13-2/h4-5,8H,3,6-7,12H2,1-2H3. The number of methoxy groups -OCH3 is 1. The van der Waals surface area contributed by atoms with E-state index < -0.39 is 0 Å². The zero-order chi connectivity index (χ0) is 11.1. The van der Waals surface area contributed by atoms with Crippen molar-refractivity contribution in [3.05, 3.63) is 18.2 Å². The van der Waals surface area contributed by atoms with E-state index in [2.05, 4.69) is 0 Å². The molecule has 0 atom stereocenters. The molecule has 0 aliphatic rings. The van der Waals surface area contributed by atoms with E-state index in [0.717, 1.165) is 5.75 Å². The fourth-order valence-electron chi connectivity index (χ4n) is 1.13. The van der Waals surface area contributed by atoms with Crippen molar-refractivity contribution in [1.29, 1.82) is 0 Å². The van der Waals surface area contributed by atoms with Crippen molar-refractivity contribution in [2.24, 2.45) is 0 Å². The Hall–Kier alpha value is -1.42. The smallest absolute Gasteiger partial charge is 0.145 e. The van der Waals surface area contributed by atoms with Crippen LogP contribution in [0.4, 0.5) is 5.69 Å². The highest BCUT2D eigenvalue weighted by molar-refractivity contribution is 5.55. The van der Waals surface area contributed by atoms with Gasteiger partial charge in [0.15, 0.2) is 0 Å². The number of nitrogen functional groups attached to an aromatic ring is 1. The highest BCUT2D eigenvalue weighted by Crippen LogP contribution is 2.26. The number of hydrogen-bond donors (Lipinski definition) is 1. The van der Waals surface area contributed by atoms with Gasteiger partial charge in [0, 0.05) is 13.2 Å². The van der Waals surface area contributed by atoms with Gasteiger partial charge >= 0.3 is 0 Å². The minimum atomic E-state index is 0.520. The summed E-state index contributed by atoms with van der Waals surface area (Å²) in [4.78, 5) is 0. The van der Waals surface area contributed by atoms with Crippen molar-refractivity contribution in [2.75, 3.05) is 32.7 Å². The van der Waals surface area contributed by atoms with Gasteiger partial charge < -0.3 is 19.9 Å². The van der Waals surface area contributed by atoms with E-state index >= 15 is 0 Å². The van der Waals surface area contributed by atoms with Crippen molar-refractivity contribution >= 4 is 5.69 Å². The number of ether oxygens (including phenoxy) is 3. The number of rotatable bonds is 6. The van der Waals surface area contributed by atoms with Crippen LogP contribution in [0.5, 0.6) is 11.5 Å². The predicted molar refractivity (Wildman–Crippen MR) is 59.4 cm³/mol. The van der Waals surface area contributed by atoms with E-state index in [-0.39, 0.29) is 0 Å². The third-order valence-corrected chi connectivity index (χ3v) is 1.84. The molecular weight excluding hydrogens is 194 g/mol. The topological polar surface area (TPSA) is 53.7 Å². The van der Waals surface area contributed by atoms with Crippen molar-refractivity contribution < 1.29 is 14.2 Å². The maximum absolute atomic E-state index is 5.73. The Bertz CT molecular complexity index is 302. The van der Waals surface area contributed by atoms with Crippen LogP contribution in [0.25, 0.3) is 0 Å². The van der Waals surface area contributed by atoms with Gasteiger partial charge in [-0.15, -0.1) is 0 Å². The number of hydrogen-bond acceptors (Lipinski definition) is 4. The largest absolute Gasteiger partial charge is 0.492 e. The van der Waals surface area contributed by atoms with Crippen LogP contribution < -0.4 is 15.2 Å². The minimum absolute atomic E-state index is 0.520. The third-order valence-electron chi connectivity index (χ3n) is 1.84. The van der Waals surface area contributed by atoms with Gasteiger partial charge in [0.1, 0.15) is 18.1 Å². The molecular formula is C11H17NO3. The molecule has 1 rings (SSSR count). The van der Waals surface area contributed by atoms with Gasteiger partial charge in [-0.25, -0.2) is 0 Å². The van der Waals surface area contributed by atoms with Crippen molar-refractivity contribution in [1.82, 2.24) is 0 Å². The molecule has 0 aliphatic heterocycles. The Kier molecular flexibility index (Phi) is 4.77. The molecule has 4 heteroatoms. The van der Waals surface area contributed by atoms with Gasteiger partial charge in [-0.1, -0.05) is 0 Å². The third kappa shape index (κ3) is 3.67. The van der Waals surface area contributed by atoms with Crippen LogP contribution >= 0.6 is 0 Å². The van der Waals surface area contributed by atoms with E-state index in [1.807, 2.05) is 13.0 Å². The van der Waals surface area contributed by atoms with E-state index in [0.29, 0.717) is 31.3 Å². The minimum Gasteiger partial charge on any atom is -0.492 e. The van der Waals surface area contributed by atoms with Crippen molar-refractivity contribution in [2.45, 2.75) is 6.92 Å². The molecule has 0 saturated heterocycles. The monoisotopic (exact) mass is 211 g/mol. The zero-order valence-corrected chi connectivity index (χ0v) is 9.16. The summed E-state index contributed by atoms with van der Waals surface area (Å²) in [5.41, 5.74) is 6.35. The fraction of sp³-hybridized carbons (Fsp3) is 0.455. The quantitative estimate of drug-likeness (QED) is 0.574. The van der Waals surface area contributed by atoms with Crippen LogP contribution in [0.1, 0.15) is 6.92 Å². The number of anilines is 1. The molecule has 84 valence electrons. The van der Waals surface area contributed by atoms with Crippen LogP contribution in [0.2, 0.25) is 0 Å². The Balaban J connectivity index is 2.61. The molecule has 0 aromatic heterocycles. The molecule has 0 saturated carbocycles. The van der Waals surface area contributed by atoms with Gasteiger partial charge in [0.2, 0.25) is 0 Å². The maximum Gasteiger partial charge on any atom is 0.145 e. The number of nitrogens with two attached hydrogens (primary N) is 1. The summed E-state index contributed by atoms with van der Waals surface area (Å²) in [5.74, 6) is 1.40. The lowest BCUT2D eigenvalue weighted by Gasteiger charge is -2.10. The van der Waals surface area contributed by atoms with Crippen LogP contribution in [0.3, 0.4) is 0 Å². The molecule has 0 heterocycles. The fourth-order valence-corrected chi connectivity index (χ4v) is 1.13. The second-order valence-electron chi connectivity index (χ2n) is 2.97. The lowest BCUT2D eigenvalue weighted by atomic mass is 10.3. The summed E-state index contributed by atoms with van der Waals surface area (Å²) >= 11 is 0. The van der Waals surface area contributed by atoms with Crippen molar-refractivity contribution in [3.8, 4) is 11.5 Å². The summed E-state index contributed by atoms with van der Waals surface area (Å²) in [7, 11) is 1.64. The van der Waals surface area contributed by atoms with E-state index in [1.54, 1.807) is 19.2 Å². The van der Waals surface area contributed by atoms with Crippen LogP contribution in [-0.2, 0) is 4.74 Å². The van der Waals surface area contributed by atoms with Crippen LogP contribution in [0.15, 0.2) is 18.2 Å².